The number of oxazole rings is 1. The first-order valence-electron chi connectivity index (χ1n) is 6.83. The number of hydrogen-bond donors (Lipinski definition) is 1. The van der Waals surface area contributed by atoms with Crippen LogP contribution in [-0.2, 0) is 0 Å². The van der Waals surface area contributed by atoms with Gasteiger partial charge < -0.3 is 4.42 Å². The molecule has 0 atom stereocenters. The average molecular weight is 289 g/mol. The lowest BCUT2D eigenvalue weighted by Crippen LogP contribution is -1.96. The summed E-state index contributed by atoms with van der Waals surface area (Å²) >= 11 is 0. The monoisotopic (exact) mass is 289 g/mol. The molecule has 0 aliphatic carbocycles. The van der Waals surface area contributed by atoms with Crippen LogP contribution < -0.4 is 5.76 Å². The lowest BCUT2D eigenvalue weighted by molar-refractivity contribution is 0.541. The Kier molecular flexibility index (Phi) is 2.83. The molecule has 4 aromatic rings. The van der Waals surface area contributed by atoms with Gasteiger partial charge in [-0.3, -0.25) is 4.98 Å². The molecular formula is C17H11N3O2. The second kappa shape index (κ2) is 4.96. The van der Waals surface area contributed by atoms with Gasteiger partial charge in [0, 0.05) is 11.1 Å². The van der Waals surface area contributed by atoms with E-state index in [4.69, 9.17) is 4.42 Å². The third kappa shape index (κ3) is 2.00. The molecule has 5 nitrogen and oxygen atoms in total. The second-order valence-electron chi connectivity index (χ2n) is 4.85. The molecule has 0 saturated carbocycles. The van der Waals surface area contributed by atoms with E-state index in [0.29, 0.717) is 11.2 Å². The van der Waals surface area contributed by atoms with Gasteiger partial charge in [-0.1, -0.05) is 60.7 Å². The number of nitrogens with one attached hydrogen (secondary N) is 1. The van der Waals surface area contributed by atoms with Crippen molar-refractivity contribution in [3.05, 3.63) is 71.2 Å². The van der Waals surface area contributed by atoms with Crippen LogP contribution in [0.3, 0.4) is 0 Å². The Labute approximate surface area is 125 Å². The normalized spacial score (nSPS) is 10.9. The zero-order chi connectivity index (χ0) is 14.9. The van der Waals surface area contributed by atoms with Crippen molar-refractivity contribution >= 4 is 11.2 Å². The number of nitrogens with zero attached hydrogens (tertiary/aromatic N) is 2. The van der Waals surface area contributed by atoms with Crippen LogP contribution in [0.15, 0.2) is 69.9 Å². The molecule has 2 heterocycles. The molecular weight excluding hydrogens is 278 g/mol. The first-order chi connectivity index (χ1) is 10.8. The van der Waals surface area contributed by atoms with Crippen LogP contribution in [0.25, 0.3) is 33.6 Å². The largest absolute Gasteiger partial charge is 0.418 e. The van der Waals surface area contributed by atoms with Gasteiger partial charge in [-0.2, -0.15) is 0 Å². The molecule has 0 saturated heterocycles. The smallest absolute Gasteiger partial charge is 0.387 e. The van der Waals surface area contributed by atoms with Crippen LogP contribution >= 0.6 is 0 Å². The molecule has 2 aromatic heterocycles. The zero-order valence-electron chi connectivity index (χ0n) is 11.5. The standard InChI is InChI=1S/C17H11N3O2/c21-17-18-15-13(11-7-3-1-4-8-11)14(19-20-16(15)22-17)12-9-5-2-6-10-12/h1-10H,(H,18,21). The summed E-state index contributed by atoms with van der Waals surface area (Å²) in [6.45, 7) is 0. The topological polar surface area (TPSA) is 71.8 Å². The molecule has 0 radical (unpaired) electrons. The van der Waals surface area contributed by atoms with Crippen molar-refractivity contribution in [2.75, 3.05) is 0 Å². The molecule has 106 valence electrons. The summed E-state index contributed by atoms with van der Waals surface area (Å²) in [6, 6.07) is 19.5. The summed E-state index contributed by atoms with van der Waals surface area (Å²) < 4.78 is 5.04. The predicted molar refractivity (Wildman–Crippen MR) is 83.3 cm³/mol. The van der Waals surface area contributed by atoms with Gasteiger partial charge in [-0.15, -0.1) is 10.2 Å². The predicted octanol–water partition coefficient (Wildman–Crippen LogP) is 3.25. The summed E-state index contributed by atoms with van der Waals surface area (Å²) in [5.41, 5.74) is 4.16. The molecule has 0 aliphatic heterocycles. The van der Waals surface area contributed by atoms with Crippen molar-refractivity contribution in [2.45, 2.75) is 0 Å². The van der Waals surface area contributed by atoms with Crippen LogP contribution in [0, 0.1) is 0 Å². The Bertz CT molecular complexity index is 989. The summed E-state index contributed by atoms with van der Waals surface area (Å²) in [7, 11) is 0. The molecule has 0 aliphatic rings. The maximum Gasteiger partial charge on any atom is 0.418 e. The van der Waals surface area contributed by atoms with Crippen molar-refractivity contribution < 1.29 is 4.42 Å². The van der Waals surface area contributed by atoms with E-state index in [2.05, 4.69) is 15.2 Å². The van der Waals surface area contributed by atoms with E-state index in [1.165, 1.54) is 0 Å². The van der Waals surface area contributed by atoms with Crippen molar-refractivity contribution in [1.29, 1.82) is 0 Å². The third-order valence-corrected chi connectivity index (χ3v) is 3.47. The van der Waals surface area contributed by atoms with Gasteiger partial charge in [0.15, 0.2) is 0 Å². The summed E-state index contributed by atoms with van der Waals surface area (Å²) in [5, 5.41) is 8.28. The molecule has 22 heavy (non-hydrogen) atoms. The molecule has 4 rings (SSSR count). The Morgan fingerprint density at radius 1 is 0.818 bits per heavy atom. The highest BCUT2D eigenvalue weighted by atomic mass is 16.4. The summed E-state index contributed by atoms with van der Waals surface area (Å²) in [5.74, 6) is -0.535. The van der Waals surface area contributed by atoms with Crippen molar-refractivity contribution in [1.82, 2.24) is 15.2 Å². The van der Waals surface area contributed by atoms with E-state index in [-0.39, 0.29) is 5.71 Å². The van der Waals surface area contributed by atoms with Gasteiger partial charge in [0.1, 0.15) is 11.2 Å². The minimum atomic E-state index is -0.535. The van der Waals surface area contributed by atoms with Gasteiger partial charge >= 0.3 is 5.76 Å². The Morgan fingerprint density at radius 3 is 2.14 bits per heavy atom. The van der Waals surface area contributed by atoms with Crippen molar-refractivity contribution in [3.63, 3.8) is 0 Å². The quantitative estimate of drug-likeness (QED) is 0.615. The van der Waals surface area contributed by atoms with E-state index in [1.54, 1.807) is 0 Å². The summed E-state index contributed by atoms with van der Waals surface area (Å²) in [4.78, 5) is 14.2. The first-order valence-corrected chi connectivity index (χ1v) is 6.83. The Balaban J connectivity index is 2.11. The fourth-order valence-corrected chi connectivity index (χ4v) is 2.51. The number of H-pyrrole nitrogens is 1. The summed E-state index contributed by atoms with van der Waals surface area (Å²) in [6.07, 6.45) is 0. The van der Waals surface area contributed by atoms with Crippen LogP contribution in [-0.4, -0.2) is 15.2 Å². The Morgan fingerprint density at radius 2 is 1.45 bits per heavy atom. The Hall–Kier alpha value is -3.21. The fraction of sp³-hybridized carbons (Fsp3) is 0. The molecule has 5 heteroatoms. The number of rotatable bonds is 2. The lowest BCUT2D eigenvalue weighted by Gasteiger charge is -2.08. The van der Waals surface area contributed by atoms with E-state index in [1.807, 2.05) is 60.7 Å². The molecule has 0 amide bonds. The zero-order valence-corrected chi connectivity index (χ0v) is 11.5. The molecule has 1 N–H and O–H groups in total. The lowest BCUT2D eigenvalue weighted by atomic mass is 9.99. The maximum absolute atomic E-state index is 11.5. The van der Waals surface area contributed by atoms with Gasteiger partial charge in [0.25, 0.3) is 5.71 Å². The number of aromatic nitrogens is 3. The molecule has 0 bridgehead atoms. The number of fused-ring (bicyclic) bond motifs is 1. The second-order valence-corrected chi connectivity index (χ2v) is 4.85. The SMILES string of the molecule is O=c1[nH]c2c(-c3ccccc3)c(-c3ccccc3)nnc2o1. The van der Waals surface area contributed by atoms with E-state index >= 15 is 0 Å². The minimum absolute atomic E-state index is 0.212. The minimum Gasteiger partial charge on any atom is -0.387 e. The van der Waals surface area contributed by atoms with Crippen molar-refractivity contribution in [3.8, 4) is 22.4 Å². The van der Waals surface area contributed by atoms with Crippen LogP contribution in [0.5, 0.6) is 0 Å². The molecule has 0 fully saturated rings. The van der Waals surface area contributed by atoms with E-state index in [9.17, 15) is 4.79 Å². The van der Waals surface area contributed by atoms with Crippen LogP contribution in [0.1, 0.15) is 0 Å². The van der Waals surface area contributed by atoms with E-state index < -0.39 is 5.76 Å². The highest BCUT2D eigenvalue weighted by molar-refractivity contribution is 5.96. The van der Waals surface area contributed by atoms with Gasteiger partial charge in [-0.05, 0) is 5.56 Å². The average Bonchev–Trinajstić information content (AvgIpc) is 2.95. The number of hydrogen-bond acceptors (Lipinski definition) is 4. The highest BCUT2D eigenvalue weighted by Gasteiger charge is 2.17. The van der Waals surface area contributed by atoms with Crippen LogP contribution in [0.4, 0.5) is 0 Å². The third-order valence-electron chi connectivity index (χ3n) is 3.47. The van der Waals surface area contributed by atoms with Crippen LogP contribution in [0.2, 0.25) is 0 Å². The van der Waals surface area contributed by atoms with E-state index in [0.717, 1.165) is 16.7 Å². The van der Waals surface area contributed by atoms with Gasteiger partial charge in [0.2, 0.25) is 0 Å². The highest BCUT2D eigenvalue weighted by Crippen LogP contribution is 2.33. The maximum atomic E-state index is 11.5. The number of benzene rings is 2. The van der Waals surface area contributed by atoms with Gasteiger partial charge in [-0.25, -0.2) is 4.79 Å². The first kappa shape index (κ1) is 12.5. The van der Waals surface area contributed by atoms with Crippen molar-refractivity contribution in [2.24, 2.45) is 0 Å². The number of aromatic amines is 1. The molecule has 0 unspecified atom stereocenters. The molecule has 0 spiro atoms. The molecule has 2 aromatic carbocycles. The fourth-order valence-electron chi connectivity index (χ4n) is 2.51. The van der Waals surface area contributed by atoms with Gasteiger partial charge in [0.05, 0.1) is 0 Å².